The van der Waals surface area contributed by atoms with Gasteiger partial charge in [0.25, 0.3) is 0 Å². The molecular formula is C12H12F2O3. The monoisotopic (exact) mass is 242 g/mol. The Morgan fingerprint density at radius 1 is 1.47 bits per heavy atom. The number of carbonyl (C=O) groups is 1. The van der Waals surface area contributed by atoms with Gasteiger partial charge >= 0.3 is 5.97 Å². The van der Waals surface area contributed by atoms with E-state index in [2.05, 4.69) is 0 Å². The molecule has 0 spiro atoms. The van der Waals surface area contributed by atoms with Crippen molar-refractivity contribution in [1.29, 1.82) is 0 Å². The molecular weight excluding hydrogens is 230 g/mol. The molecule has 0 aliphatic heterocycles. The molecule has 0 amide bonds. The van der Waals surface area contributed by atoms with Crippen molar-refractivity contribution >= 4 is 5.97 Å². The van der Waals surface area contributed by atoms with E-state index in [1.54, 1.807) is 0 Å². The topological polar surface area (TPSA) is 46.5 Å². The van der Waals surface area contributed by atoms with E-state index < -0.39 is 23.0 Å². The molecule has 2 rings (SSSR count). The molecule has 0 saturated heterocycles. The van der Waals surface area contributed by atoms with Gasteiger partial charge in [0.2, 0.25) is 0 Å². The molecule has 0 bridgehead atoms. The second-order valence-corrected chi connectivity index (χ2v) is 4.32. The number of methoxy groups -OCH3 is 1. The normalized spacial score (nSPS) is 16.6. The Hall–Kier alpha value is -1.65. The van der Waals surface area contributed by atoms with Crippen LogP contribution in [0, 0.1) is 11.6 Å². The lowest BCUT2D eigenvalue weighted by Crippen LogP contribution is -2.15. The lowest BCUT2D eigenvalue weighted by Gasteiger charge is -2.17. The molecule has 1 N–H and O–H groups in total. The van der Waals surface area contributed by atoms with Crippen LogP contribution in [0.15, 0.2) is 12.1 Å². The summed E-state index contributed by atoms with van der Waals surface area (Å²) in [5.74, 6) is -2.53. The molecule has 1 saturated carbocycles. The van der Waals surface area contributed by atoms with Crippen LogP contribution in [0.25, 0.3) is 0 Å². The van der Waals surface area contributed by atoms with Gasteiger partial charge in [-0.1, -0.05) is 0 Å². The van der Waals surface area contributed by atoms with Crippen LogP contribution in [-0.4, -0.2) is 18.2 Å². The van der Waals surface area contributed by atoms with Crippen molar-refractivity contribution in [1.82, 2.24) is 0 Å². The number of rotatable bonds is 4. The fourth-order valence-electron chi connectivity index (χ4n) is 2.14. The summed E-state index contributed by atoms with van der Waals surface area (Å²) in [6.45, 7) is 0. The molecule has 0 atom stereocenters. The first-order chi connectivity index (χ1) is 7.98. The molecule has 0 radical (unpaired) electrons. The highest BCUT2D eigenvalue weighted by molar-refractivity contribution is 5.70. The molecule has 3 nitrogen and oxygen atoms in total. The first-order valence-corrected chi connectivity index (χ1v) is 5.24. The first kappa shape index (κ1) is 11.8. The van der Waals surface area contributed by atoms with Crippen molar-refractivity contribution in [2.24, 2.45) is 0 Å². The summed E-state index contributed by atoms with van der Waals surface area (Å²) in [5, 5.41) is 8.82. The molecule has 1 fully saturated rings. The van der Waals surface area contributed by atoms with Gasteiger partial charge < -0.3 is 9.84 Å². The molecule has 92 valence electrons. The van der Waals surface area contributed by atoms with Gasteiger partial charge in [-0.25, -0.2) is 8.78 Å². The fourth-order valence-corrected chi connectivity index (χ4v) is 2.14. The van der Waals surface area contributed by atoms with Gasteiger partial charge in [0.15, 0.2) is 11.6 Å². The third-order valence-corrected chi connectivity index (χ3v) is 3.13. The molecule has 17 heavy (non-hydrogen) atoms. The standard InChI is InChI=1S/C12H12F2O3/c1-17-11-8(4-7(13)5-9(11)14)12(2-3-12)6-10(15)16/h4-5H,2-3,6H2,1H3,(H,15,16). The van der Waals surface area contributed by atoms with Crippen LogP contribution in [0.5, 0.6) is 5.75 Å². The summed E-state index contributed by atoms with van der Waals surface area (Å²) >= 11 is 0. The van der Waals surface area contributed by atoms with Crippen molar-refractivity contribution in [3.63, 3.8) is 0 Å². The predicted molar refractivity (Wildman–Crippen MR) is 56.1 cm³/mol. The average molecular weight is 242 g/mol. The van der Waals surface area contributed by atoms with E-state index in [0.717, 1.165) is 12.1 Å². The van der Waals surface area contributed by atoms with Crippen LogP contribution < -0.4 is 4.74 Å². The summed E-state index contributed by atoms with van der Waals surface area (Å²) in [6, 6.07) is 1.90. The van der Waals surface area contributed by atoms with Crippen LogP contribution in [0.2, 0.25) is 0 Å². The minimum absolute atomic E-state index is 0.0508. The second-order valence-electron chi connectivity index (χ2n) is 4.32. The van der Waals surface area contributed by atoms with Crippen molar-refractivity contribution in [3.05, 3.63) is 29.3 Å². The number of ether oxygens (including phenoxy) is 1. The maximum absolute atomic E-state index is 13.5. The maximum Gasteiger partial charge on any atom is 0.304 e. The van der Waals surface area contributed by atoms with Gasteiger partial charge in [-0.05, 0) is 18.9 Å². The Bertz CT molecular complexity index is 467. The summed E-state index contributed by atoms with van der Waals surface area (Å²) in [6.07, 6.45) is 1.09. The predicted octanol–water partition coefficient (Wildman–Crippen LogP) is 2.48. The van der Waals surface area contributed by atoms with Gasteiger partial charge in [0, 0.05) is 17.0 Å². The summed E-state index contributed by atoms with van der Waals surface area (Å²) in [4.78, 5) is 10.8. The molecule has 1 aromatic rings. The Balaban J connectivity index is 2.47. The fraction of sp³-hybridized carbons (Fsp3) is 0.417. The summed E-state index contributed by atoms with van der Waals surface area (Å²) < 4.78 is 31.6. The maximum atomic E-state index is 13.5. The van der Waals surface area contributed by atoms with Crippen LogP contribution in [0.4, 0.5) is 8.78 Å². The second kappa shape index (κ2) is 3.98. The van der Waals surface area contributed by atoms with Crippen molar-refractivity contribution in [3.8, 4) is 5.75 Å². The lowest BCUT2D eigenvalue weighted by molar-refractivity contribution is -0.137. The highest BCUT2D eigenvalue weighted by Gasteiger charge is 2.48. The first-order valence-electron chi connectivity index (χ1n) is 5.24. The Morgan fingerprint density at radius 3 is 2.59 bits per heavy atom. The van der Waals surface area contributed by atoms with Crippen LogP contribution in [-0.2, 0) is 10.2 Å². The Morgan fingerprint density at radius 2 is 2.12 bits per heavy atom. The quantitative estimate of drug-likeness (QED) is 0.882. The number of hydrogen-bond acceptors (Lipinski definition) is 2. The molecule has 0 unspecified atom stereocenters. The zero-order valence-electron chi connectivity index (χ0n) is 9.30. The molecule has 1 aliphatic rings. The number of aliphatic carboxylic acids is 1. The number of halogens is 2. The molecule has 1 aromatic carbocycles. The minimum Gasteiger partial charge on any atom is -0.493 e. The largest absolute Gasteiger partial charge is 0.493 e. The van der Waals surface area contributed by atoms with Gasteiger partial charge in [-0.2, -0.15) is 0 Å². The van der Waals surface area contributed by atoms with Gasteiger partial charge in [0.05, 0.1) is 13.5 Å². The van der Waals surface area contributed by atoms with Gasteiger partial charge in [0.1, 0.15) is 5.82 Å². The van der Waals surface area contributed by atoms with E-state index in [1.165, 1.54) is 7.11 Å². The van der Waals surface area contributed by atoms with Crippen LogP contribution >= 0.6 is 0 Å². The Kier molecular flexibility index (Phi) is 2.77. The van der Waals surface area contributed by atoms with Crippen molar-refractivity contribution in [2.75, 3.05) is 7.11 Å². The van der Waals surface area contributed by atoms with Gasteiger partial charge in [-0.3, -0.25) is 4.79 Å². The van der Waals surface area contributed by atoms with E-state index in [1.807, 2.05) is 0 Å². The lowest BCUT2D eigenvalue weighted by atomic mass is 9.91. The van der Waals surface area contributed by atoms with Crippen molar-refractivity contribution < 1.29 is 23.4 Å². The third kappa shape index (κ3) is 2.09. The van der Waals surface area contributed by atoms with E-state index in [-0.39, 0.29) is 12.2 Å². The SMILES string of the molecule is COc1c(F)cc(F)cc1C1(CC(=O)O)CC1. The number of carboxylic acids is 1. The molecule has 0 aromatic heterocycles. The minimum atomic E-state index is -0.978. The van der Waals surface area contributed by atoms with Gasteiger partial charge in [-0.15, -0.1) is 0 Å². The molecule has 0 heterocycles. The average Bonchev–Trinajstić information content (AvgIpc) is 2.96. The molecule has 5 heteroatoms. The van der Waals surface area contributed by atoms with E-state index >= 15 is 0 Å². The number of benzene rings is 1. The van der Waals surface area contributed by atoms with Crippen LogP contribution in [0.1, 0.15) is 24.8 Å². The summed E-state index contributed by atoms with van der Waals surface area (Å²) in [5.41, 5.74) is -0.347. The smallest absolute Gasteiger partial charge is 0.304 e. The third-order valence-electron chi connectivity index (χ3n) is 3.13. The van der Waals surface area contributed by atoms with E-state index in [4.69, 9.17) is 9.84 Å². The highest BCUT2D eigenvalue weighted by atomic mass is 19.1. The summed E-state index contributed by atoms with van der Waals surface area (Å²) in [7, 11) is 1.29. The highest BCUT2D eigenvalue weighted by Crippen LogP contribution is 2.54. The zero-order chi connectivity index (χ0) is 12.6. The zero-order valence-corrected chi connectivity index (χ0v) is 9.30. The van der Waals surface area contributed by atoms with E-state index in [9.17, 15) is 13.6 Å². The number of hydrogen-bond donors (Lipinski definition) is 1. The van der Waals surface area contributed by atoms with Crippen LogP contribution in [0.3, 0.4) is 0 Å². The molecule has 1 aliphatic carbocycles. The Labute approximate surface area is 97.0 Å². The van der Waals surface area contributed by atoms with Crippen molar-refractivity contribution in [2.45, 2.75) is 24.7 Å². The number of carboxylic acid groups (broad SMARTS) is 1. The van der Waals surface area contributed by atoms with E-state index in [0.29, 0.717) is 18.4 Å².